The Morgan fingerprint density at radius 3 is 2.61 bits per heavy atom. The molecule has 1 atom stereocenters. The number of anilines is 1. The van der Waals surface area contributed by atoms with Crippen molar-refractivity contribution in [1.82, 2.24) is 0 Å². The number of alkyl halides is 3. The van der Waals surface area contributed by atoms with Crippen molar-refractivity contribution in [3.05, 3.63) is 27.7 Å². The summed E-state index contributed by atoms with van der Waals surface area (Å²) in [6, 6.07) is 1.17. The molecule has 0 aliphatic carbocycles. The Labute approximate surface area is 108 Å². The number of nitrogens with two attached hydrogens (primary N) is 1. The van der Waals surface area contributed by atoms with Gasteiger partial charge in [0.1, 0.15) is 0 Å². The van der Waals surface area contributed by atoms with Crippen LogP contribution in [0.15, 0.2) is 16.6 Å². The van der Waals surface area contributed by atoms with Gasteiger partial charge in [0.2, 0.25) is 0 Å². The van der Waals surface area contributed by atoms with E-state index in [0.29, 0.717) is 0 Å². The molecular formula is C10H8BrF3N2O2. The number of carbonyl (C=O) groups is 1. The molecule has 0 saturated heterocycles. The van der Waals surface area contributed by atoms with Gasteiger partial charge in [0.15, 0.2) is 0 Å². The third-order valence-electron chi connectivity index (χ3n) is 2.64. The van der Waals surface area contributed by atoms with E-state index >= 15 is 0 Å². The Morgan fingerprint density at radius 1 is 1.44 bits per heavy atom. The highest BCUT2D eigenvalue weighted by Gasteiger charge is 2.41. The highest BCUT2D eigenvalue weighted by atomic mass is 79.9. The van der Waals surface area contributed by atoms with Crippen LogP contribution >= 0.6 is 15.9 Å². The average Bonchev–Trinajstić information content (AvgIpc) is 2.23. The normalized spacial score (nSPS) is 20.0. The Morgan fingerprint density at radius 2 is 2.06 bits per heavy atom. The molecule has 1 aliphatic heterocycles. The maximum absolute atomic E-state index is 12.9. The van der Waals surface area contributed by atoms with Crippen LogP contribution in [0, 0.1) is 0 Å². The summed E-state index contributed by atoms with van der Waals surface area (Å²) in [5, 5.41) is 9.51. The highest BCUT2D eigenvalue weighted by Crippen LogP contribution is 2.42. The van der Waals surface area contributed by atoms with Gasteiger partial charge in [0, 0.05) is 4.47 Å². The monoisotopic (exact) mass is 324 g/mol. The summed E-state index contributed by atoms with van der Waals surface area (Å²) in [7, 11) is 0. The molecule has 1 unspecified atom stereocenters. The molecular weight excluding hydrogens is 317 g/mol. The molecule has 3 N–H and O–H groups in total. The smallest absolute Gasteiger partial charge is 0.320 e. The van der Waals surface area contributed by atoms with Gasteiger partial charge < -0.3 is 5.73 Å². The van der Waals surface area contributed by atoms with E-state index in [1.165, 1.54) is 6.07 Å². The molecule has 8 heteroatoms. The number of amides is 1. The van der Waals surface area contributed by atoms with Crippen molar-refractivity contribution in [3.63, 3.8) is 0 Å². The molecule has 1 amide bonds. The molecule has 0 spiro atoms. The van der Waals surface area contributed by atoms with Crippen LogP contribution in [-0.4, -0.2) is 17.2 Å². The Hall–Kier alpha value is -1.12. The largest absolute Gasteiger partial charge is 0.418 e. The van der Waals surface area contributed by atoms with Crippen molar-refractivity contribution in [2.75, 3.05) is 5.06 Å². The lowest BCUT2D eigenvalue weighted by atomic mass is 9.96. The summed E-state index contributed by atoms with van der Waals surface area (Å²) < 4.78 is 38.8. The fourth-order valence-corrected chi connectivity index (χ4v) is 2.37. The third kappa shape index (κ3) is 2.11. The number of benzene rings is 1. The first-order valence-electron chi connectivity index (χ1n) is 4.90. The molecule has 98 valence electrons. The van der Waals surface area contributed by atoms with E-state index in [0.717, 1.165) is 6.07 Å². The van der Waals surface area contributed by atoms with E-state index in [1.54, 1.807) is 0 Å². The average molecular weight is 325 g/mol. The van der Waals surface area contributed by atoms with Gasteiger partial charge in [-0.3, -0.25) is 10.0 Å². The maximum Gasteiger partial charge on any atom is 0.418 e. The van der Waals surface area contributed by atoms with Crippen molar-refractivity contribution < 1.29 is 23.2 Å². The van der Waals surface area contributed by atoms with Crippen LogP contribution in [0.1, 0.15) is 11.1 Å². The minimum Gasteiger partial charge on any atom is -0.320 e. The second kappa shape index (κ2) is 4.22. The summed E-state index contributed by atoms with van der Waals surface area (Å²) in [5.74, 6) is -0.949. The van der Waals surface area contributed by atoms with Gasteiger partial charge in [-0.25, -0.2) is 0 Å². The molecule has 18 heavy (non-hydrogen) atoms. The zero-order chi connectivity index (χ0) is 13.7. The van der Waals surface area contributed by atoms with Gasteiger partial charge >= 0.3 is 6.18 Å². The summed E-state index contributed by atoms with van der Waals surface area (Å²) in [6.45, 7) is 0. The van der Waals surface area contributed by atoms with Gasteiger partial charge in [-0.2, -0.15) is 18.2 Å². The van der Waals surface area contributed by atoms with Gasteiger partial charge in [0.05, 0.1) is 17.3 Å². The first kappa shape index (κ1) is 13.3. The molecule has 1 heterocycles. The molecule has 0 radical (unpaired) electrons. The van der Waals surface area contributed by atoms with Crippen LogP contribution in [0.4, 0.5) is 18.9 Å². The fraction of sp³-hybridized carbons (Fsp3) is 0.300. The highest BCUT2D eigenvalue weighted by molar-refractivity contribution is 9.10. The van der Waals surface area contributed by atoms with E-state index in [2.05, 4.69) is 15.9 Å². The maximum atomic E-state index is 12.9. The van der Waals surface area contributed by atoms with Crippen molar-refractivity contribution in [2.24, 2.45) is 5.73 Å². The number of hydrogen-bond donors (Lipinski definition) is 2. The van der Waals surface area contributed by atoms with Crippen LogP contribution in [0.3, 0.4) is 0 Å². The molecule has 1 aromatic rings. The summed E-state index contributed by atoms with van der Waals surface area (Å²) in [5.41, 5.74) is 4.00. The predicted molar refractivity (Wildman–Crippen MR) is 60.1 cm³/mol. The number of nitrogens with zero attached hydrogens (tertiary/aromatic N) is 1. The lowest BCUT2D eigenvalue weighted by molar-refractivity contribution is -0.138. The Kier molecular flexibility index (Phi) is 3.12. The zero-order valence-corrected chi connectivity index (χ0v) is 10.4. The molecule has 0 saturated carbocycles. The zero-order valence-electron chi connectivity index (χ0n) is 8.83. The number of rotatable bonds is 0. The topological polar surface area (TPSA) is 66.6 Å². The number of hydroxylamine groups is 1. The number of hydrogen-bond acceptors (Lipinski definition) is 3. The van der Waals surface area contributed by atoms with Gasteiger partial charge in [-0.1, -0.05) is 15.9 Å². The van der Waals surface area contributed by atoms with Crippen molar-refractivity contribution >= 4 is 27.5 Å². The molecule has 0 fully saturated rings. The molecule has 0 bridgehead atoms. The van der Waals surface area contributed by atoms with Crippen molar-refractivity contribution in [1.29, 1.82) is 0 Å². The SMILES string of the molecule is NC1Cc2cc(Br)cc(C(F)(F)F)c2N(O)C1=O. The van der Waals surface area contributed by atoms with E-state index in [1.807, 2.05) is 0 Å². The van der Waals surface area contributed by atoms with E-state index < -0.39 is 29.4 Å². The first-order valence-corrected chi connectivity index (χ1v) is 5.69. The first-order chi connectivity index (χ1) is 8.21. The summed E-state index contributed by atoms with van der Waals surface area (Å²) in [4.78, 5) is 11.4. The van der Waals surface area contributed by atoms with Crippen LogP contribution in [0.2, 0.25) is 0 Å². The van der Waals surface area contributed by atoms with Gasteiger partial charge in [-0.05, 0) is 24.1 Å². The van der Waals surface area contributed by atoms with Crippen LogP contribution in [0.25, 0.3) is 0 Å². The minimum atomic E-state index is -4.67. The van der Waals surface area contributed by atoms with Crippen molar-refractivity contribution in [2.45, 2.75) is 18.6 Å². The Balaban J connectivity index is 2.69. The van der Waals surface area contributed by atoms with Crippen LogP contribution < -0.4 is 10.8 Å². The molecule has 4 nitrogen and oxygen atoms in total. The van der Waals surface area contributed by atoms with Gasteiger partial charge in [-0.15, -0.1) is 0 Å². The lowest BCUT2D eigenvalue weighted by Gasteiger charge is -2.30. The van der Waals surface area contributed by atoms with Crippen LogP contribution in [0.5, 0.6) is 0 Å². The number of halogens is 4. The third-order valence-corrected chi connectivity index (χ3v) is 3.09. The lowest BCUT2D eigenvalue weighted by Crippen LogP contribution is -2.48. The fourth-order valence-electron chi connectivity index (χ4n) is 1.87. The molecule has 1 aliphatic rings. The predicted octanol–water partition coefficient (Wildman–Crippen LogP) is 2.07. The van der Waals surface area contributed by atoms with Gasteiger partial charge in [0.25, 0.3) is 5.91 Å². The van der Waals surface area contributed by atoms with E-state index in [4.69, 9.17) is 5.73 Å². The van der Waals surface area contributed by atoms with Crippen LogP contribution in [-0.2, 0) is 17.4 Å². The minimum absolute atomic E-state index is 0.0151. The number of carbonyl (C=O) groups excluding carboxylic acids is 1. The van der Waals surface area contributed by atoms with E-state index in [-0.39, 0.29) is 21.5 Å². The van der Waals surface area contributed by atoms with Crippen molar-refractivity contribution in [3.8, 4) is 0 Å². The Bertz CT molecular complexity index is 519. The second-order valence-corrected chi connectivity index (χ2v) is 4.84. The van der Waals surface area contributed by atoms with E-state index in [9.17, 15) is 23.2 Å². The summed E-state index contributed by atoms with van der Waals surface area (Å²) >= 11 is 2.96. The molecule has 2 rings (SSSR count). The quantitative estimate of drug-likeness (QED) is 0.718. The molecule has 0 aromatic heterocycles. The number of fused-ring (bicyclic) bond motifs is 1. The molecule has 1 aromatic carbocycles. The summed E-state index contributed by atoms with van der Waals surface area (Å²) in [6.07, 6.45) is -4.72. The standard InChI is InChI=1S/C10H8BrF3N2O2/c11-5-1-4-2-7(15)9(17)16(18)8(4)6(3-5)10(12,13)14/h1,3,7,18H,2,15H2. The second-order valence-electron chi connectivity index (χ2n) is 3.92.